The van der Waals surface area contributed by atoms with Crippen LogP contribution < -0.4 is 15.9 Å². The Kier molecular flexibility index (Phi) is 7.68. The third-order valence-corrected chi connectivity index (χ3v) is 4.39. The molecule has 1 aromatic rings. The molecule has 1 heterocycles. The molecule has 2 atom stereocenters. The maximum atomic E-state index is 12.3. The molecule has 1 aromatic carbocycles. The number of nitrogens with two attached hydrogens (primary N) is 1. The van der Waals surface area contributed by atoms with Gasteiger partial charge >= 0.3 is 19.1 Å². The SMILES string of the molecule is CC(C)C(=O)OC[C@H](COc1cccc2c1B(O)O[C@@H]2CN)OC(=O)C(C)(C)C. The maximum Gasteiger partial charge on any atom is 0.495 e. The highest BCUT2D eigenvalue weighted by Gasteiger charge is 2.37. The summed E-state index contributed by atoms with van der Waals surface area (Å²) >= 11 is 0. The van der Waals surface area contributed by atoms with Crippen LogP contribution in [0.5, 0.6) is 5.75 Å². The molecule has 3 N–H and O–H groups in total. The summed E-state index contributed by atoms with van der Waals surface area (Å²) in [4.78, 5) is 24.1. The minimum Gasteiger partial charge on any atom is -0.490 e. The van der Waals surface area contributed by atoms with E-state index in [0.717, 1.165) is 5.56 Å². The van der Waals surface area contributed by atoms with Crippen LogP contribution in [0.3, 0.4) is 0 Å². The van der Waals surface area contributed by atoms with E-state index in [9.17, 15) is 14.6 Å². The fourth-order valence-electron chi connectivity index (χ4n) is 2.68. The van der Waals surface area contributed by atoms with E-state index >= 15 is 0 Å². The second-order valence-electron chi connectivity index (χ2n) is 8.34. The van der Waals surface area contributed by atoms with Crippen LogP contribution in [0.25, 0.3) is 0 Å². The average Bonchev–Trinajstić information content (AvgIpc) is 2.99. The Labute approximate surface area is 171 Å². The lowest BCUT2D eigenvalue weighted by Crippen LogP contribution is -2.37. The molecule has 0 saturated heterocycles. The molecule has 0 unspecified atom stereocenters. The van der Waals surface area contributed by atoms with Crippen molar-refractivity contribution in [1.82, 2.24) is 0 Å². The molecule has 0 radical (unpaired) electrons. The Morgan fingerprint density at radius 1 is 1.28 bits per heavy atom. The first kappa shape index (κ1) is 23.2. The summed E-state index contributed by atoms with van der Waals surface area (Å²) < 4.78 is 22.0. The lowest BCUT2D eigenvalue weighted by atomic mass is 9.78. The normalized spacial score (nSPS) is 17.1. The van der Waals surface area contributed by atoms with Crippen molar-refractivity contribution >= 4 is 24.5 Å². The highest BCUT2D eigenvalue weighted by atomic mass is 16.6. The van der Waals surface area contributed by atoms with Gasteiger partial charge in [0.15, 0.2) is 6.10 Å². The molecule has 1 aliphatic rings. The van der Waals surface area contributed by atoms with E-state index in [1.807, 2.05) is 6.07 Å². The van der Waals surface area contributed by atoms with Crippen LogP contribution in [0.4, 0.5) is 0 Å². The van der Waals surface area contributed by atoms with Gasteiger partial charge in [-0.15, -0.1) is 0 Å². The molecule has 0 aliphatic carbocycles. The van der Waals surface area contributed by atoms with Crippen LogP contribution in [0.2, 0.25) is 0 Å². The maximum absolute atomic E-state index is 12.3. The summed E-state index contributed by atoms with van der Waals surface area (Å²) in [5, 5.41) is 10.2. The van der Waals surface area contributed by atoms with Gasteiger partial charge in [0.05, 0.1) is 17.4 Å². The summed E-state index contributed by atoms with van der Waals surface area (Å²) in [7, 11) is -1.15. The van der Waals surface area contributed by atoms with Crippen LogP contribution in [0, 0.1) is 11.3 Å². The molecule has 0 aromatic heterocycles. The number of benzene rings is 1. The van der Waals surface area contributed by atoms with E-state index in [4.69, 9.17) is 24.6 Å². The van der Waals surface area contributed by atoms with Gasteiger partial charge in [0, 0.05) is 12.0 Å². The third kappa shape index (κ3) is 5.94. The molecule has 8 nitrogen and oxygen atoms in total. The topological polar surface area (TPSA) is 117 Å². The van der Waals surface area contributed by atoms with Gasteiger partial charge in [0.1, 0.15) is 19.0 Å². The number of esters is 2. The Hall–Kier alpha value is -2.10. The zero-order valence-corrected chi connectivity index (χ0v) is 17.6. The van der Waals surface area contributed by atoms with Crippen molar-refractivity contribution in [1.29, 1.82) is 0 Å². The Morgan fingerprint density at radius 3 is 2.55 bits per heavy atom. The highest BCUT2D eigenvalue weighted by molar-refractivity contribution is 6.62. The fourth-order valence-corrected chi connectivity index (χ4v) is 2.68. The van der Waals surface area contributed by atoms with E-state index < -0.39 is 36.7 Å². The van der Waals surface area contributed by atoms with Crippen molar-refractivity contribution in [3.63, 3.8) is 0 Å². The van der Waals surface area contributed by atoms with Crippen molar-refractivity contribution in [2.24, 2.45) is 17.1 Å². The first-order valence-electron chi connectivity index (χ1n) is 9.71. The number of carbonyl (C=O) groups is 2. The van der Waals surface area contributed by atoms with Gasteiger partial charge in [0.2, 0.25) is 0 Å². The van der Waals surface area contributed by atoms with Crippen LogP contribution >= 0.6 is 0 Å². The van der Waals surface area contributed by atoms with Gasteiger partial charge < -0.3 is 29.6 Å². The number of ether oxygens (including phenoxy) is 3. The van der Waals surface area contributed by atoms with Crippen molar-refractivity contribution in [2.75, 3.05) is 19.8 Å². The summed E-state index contributed by atoms with van der Waals surface area (Å²) in [6.07, 6.45) is -1.21. The molecule has 2 rings (SSSR count). The van der Waals surface area contributed by atoms with Gasteiger partial charge in [0.25, 0.3) is 0 Å². The minimum atomic E-state index is -1.15. The summed E-state index contributed by atoms with van der Waals surface area (Å²) in [6, 6.07) is 5.28. The van der Waals surface area contributed by atoms with Crippen molar-refractivity contribution < 1.29 is 33.5 Å². The third-order valence-electron chi connectivity index (χ3n) is 4.39. The van der Waals surface area contributed by atoms with Crippen molar-refractivity contribution in [2.45, 2.75) is 46.8 Å². The van der Waals surface area contributed by atoms with E-state index in [-0.39, 0.29) is 25.7 Å². The smallest absolute Gasteiger partial charge is 0.490 e. The number of rotatable bonds is 8. The second kappa shape index (κ2) is 9.60. The predicted molar refractivity (Wildman–Crippen MR) is 108 cm³/mol. The largest absolute Gasteiger partial charge is 0.495 e. The van der Waals surface area contributed by atoms with E-state index in [1.54, 1.807) is 46.8 Å². The van der Waals surface area contributed by atoms with Crippen LogP contribution in [-0.2, 0) is 23.7 Å². The minimum absolute atomic E-state index is 0.0519. The number of fused-ring (bicyclic) bond motifs is 1. The molecular weight excluding hydrogens is 377 g/mol. The Bertz CT molecular complexity index is 732. The quantitative estimate of drug-likeness (QED) is 0.483. The average molecular weight is 407 g/mol. The lowest BCUT2D eigenvalue weighted by Gasteiger charge is -2.24. The van der Waals surface area contributed by atoms with Gasteiger partial charge in [-0.2, -0.15) is 0 Å². The monoisotopic (exact) mass is 407 g/mol. The van der Waals surface area contributed by atoms with Gasteiger partial charge in [-0.25, -0.2) is 0 Å². The van der Waals surface area contributed by atoms with Crippen molar-refractivity contribution in [3.8, 4) is 5.75 Å². The molecule has 9 heteroatoms. The fraction of sp³-hybridized carbons (Fsp3) is 0.600. The molecular formula is C20H30BNO7. The predicted octanol–water partition coefficient (Wildman–Crippen LogP) is 0.940. The zero-order valence-electron chi connectivity index (χ0n) is 17.6. The summed E-state index contributed by atoms with van der Waals surface area (Å²) in [5.41, 5.74) is 6.23. The van der Waals surface area contributed by atoms with Gasteiger partial charge in [-0.05, 0) is 32.4 Å². The van der Waals surface area contributed by atoms with Crippen LogP contribution in [-0.4, -0.2) is 49.9 Å². The molecule has 0 bridgehead atoms. The molecule has 0 saturated carbocycles. The molecule has 0 fully saturated rings. The van der Waals surface area contributed by atoms with Crippen LogP contribution in [0.1, 0.15) is 46.3 Å². The molecule has 0 amide bonds. The molecule has 1 aliphatic heterocycles. The van der Waals surface area contributed by atoms with E-state index in [1.165, 1.54) is 0 Å². The number of carbonyl (C=O) groups excluding carboxylic acids is 2. The Balaban J connectivity index is 2.12. The standard InChI is InChI=1S/C20H30BNO7/c1-12(2)18(23)27-11-13(28-19(24)20(3,4)5)10-26-15-8-6-7-14-16(9-22)29-21(25)17(14)15/h6-8,12-13,16,25H,9-11,22H2,1-5H3/t13-,16+/m0/s1. The number of hydrogen-bond acceptors (Lipinski definition) is 8. The van der Waals surface area contributed by atoms with Crippen molar-refractivity contribution in [3.05, 3.63) is 23.8 Å². The lowest BCUT2D eigenvalue weighted by molar-refractivity contribution is -0.168. The van der Waals surface area contributed by atoms with Crippen LogP contribution in [0.15, 0.2) is 18.2 Å². The molecule has 160 valence electrons. The summed E-state index contributed by atoms with van der Waals surface area (Å²) in [5.74, 6) is -0.723. The Morgan fingerprint density at radius 2 is 1.97 bits per heavy atom. The molecule has 29 heavy (non-hydrogen) atoms. The first-order valence-corrected chi connectivity index (χ1v) is 9.71. The highest BCUT2D eigenvalue weighted by Crippen LogP contribution is 2.27. The van der Waals surface area contributed by atoms with E-state index in [0.29, 0.717) is 11.2 Å². The van der Waals surface area contributed by atoms with E-state index in [2.05, 4.69) is 0 Å². The summed E-state index contributed by atoms with van der Waals surface area (Å²) in [6.45, 7) is 8.69. The van der Waals surface area contributed by atoms with Gasteiger partial charge in [-0.3, -0.25) is 9.59 Å². The molecule has 0 spiro atoms. The zero-order chi connectivity index (χ0) is 21.8. The van der Waals surface area contributed by atoms with Gasteiger partial charge in [-0.1, -0.05) is 26.0 Å². The number of hydrogen-bond donors (Lipinski definition) is 2. The second-order valence-corrected chi connectivity index (χ2v) is 8.34. The first-order chi connectivity index (χ1) is 13.5.